The van der Waals surface area contributed by atoms with Crippen LogP contribution in [-0.4, -0.2) is 107 Å². The maximum Gasteiger partial charge on any atom is 0.359 e. The van der Waals surface area contributed by atoms with Crippen molar-refractivity contribution in [2.45, 2.75) is 102 Å². The lowest BCUT2D eigenvalue weighted by Gasteiger charge is -2.35. The summed E-state index contributed by atoms with van der Waals surface area (Å²) in [6.07, 6.45) is 0.481. The van der Waals surface area contributed by atoms with E-state index in [0.717, 1.165) is 0 Å². The second-order valence-electron chi connectivity index (χ2n) is 12.2. The van der Waals surface area contributed by atoms with Gasteiger partial charge in [0.25, 0.3) is 0 Å². The summed E-state index contributed by atoms with van der Waals surface area (Å²) < 4.78 is 56.7. The van der Waals surface area contributed by atoms with Crippen molar-refractivity contribution in [3.8, 4) is 0 Å². The lowest BCUT2D eigenvalue weighted by molar-refractivity contribution is -0.133. The maximum atomic E-state index is 13.6. The molecule has 0 spiro atoms. The summed E-state index contributed by atoms with van der Waals surface area (Å²) in [4.78, 5) is 48.1. The van der Waals surface area contributed by atoms with Crippen LogP contribution >= 0.6 is 15.2 Å². The topological polar surface area (TPSA) is 231 Å². The number of aromatic nitrogens is 4. The number of rotatable bonds is 14. The highest BCUT2D eigenvalue weighted by Gasteiger charge is 2.50. The Morgan fingerprint density at radius 3 is 2.42 bits per heavy atom. The first kappa shape index (κ1) is 35.8. The van der Waals surface area contributed by atoms with E-state index in [2.05, 4.69) is 15.0 Å². The number of hydrogen-bond acceptors (Lipinski definition) is 13. The van der Waals surface area contributed by atoms with Crippen LogP contribution in [0, 0.1) is 0 Å². The molecule has 4 heterocycles. The number of carbonyl (C=O) groups is 1. The highest BCUT2D eigenvalue weighted by molar-refractivity contribution is 7.54. The molecule has 0 aliphatic carbocycles. The van der Waals surface area contributed by atoms with E-state index in [1.807, 2.05) is 6.92 Å². The van der Waals surface area contributed by atoms with Crippen molar-refractivity contribution in [3.63, 3.8) is 0 Å². The molecule has 2 aromatic heterocycles. The van der Waals surface area contributed by atoms with Crippen LogP contribution in [0.4, 0.5) is 5.82 Å². The first-order valence-corrected chi connectivity index (χ1v) is 17.8. The van der Waals surface area contributed by atoms with Crippen molar-refractivity contribution in [3.05, 3.63) is 12.7 Å². The molecule has 0 aromatic carbocycles. The van der Waals surface area contributed by atoms with E-state index in [1.54, 1.807) is 4.57 Å². The van der Waals surface area contributed by atoms with E-state index in [9.17, 15) is 28.8 Å². The number of nitrogens with two attached hydrogens (primary N) is 1. The van der Waals surface area contributed by atoms with E-state index in [-0.39, 0.29) is 44.1 Å². The van der Waals surface area contributed by atoms with Gasteiger partial charge in [0.05, 0.1) is 37.8 Å². The summed E-state index contributed by atoms with van der Waals surface area (Å²) in [7, 11) is -7.59. The Hall–Kier alpha value is -2.04. The molecule has 2 saturated heterocycles. The summed E-state index contributed by atoms with van der Waals surface area (Å²) in [5.74, 6) is -0.00325. The predicted octanol–water partition coefficient (Wildman–Crippen LogP) is 2.37. The van der Waals surface area contributed by atoms with Gasteiger partial charge in [0.2, 0.25) is 5.91 Å². The zero-order chi connectivity index (χ0) is 33.4. The number of anilines is 1. The molecule has 2 aliphatic rings. The Kier molecular flexibility index (Phi) is 10.8. The molecule has 2 aromatic rings. The van der Waals surface area contributed by atoms with Gasteiger partial charge in [0.15, 0.2) is 22.1 Å². The summed E-state index contributed by atoms with van der Waals surface area (Å²) >= 11 is 0. The summed E-state index contributed by atoms with van der Waals surface area (Å²) in [5.41, 5.74) is 6.65. The van der Waals surface area contributed by atoms with Crippen molar-refractivity contribution >= 4 is 38.1 Å². The van der Waals surface area contributed by atoms with Crippen LogP contribution in [-0.2, 0) is 37.2 Å². The van der Waals surface area contributed by atoms with Crippen molar-refractivity contribution in [1.82, 2.24) is 24.4 Å². The van der Waals surface area contributed by atoms with Gasteiger partial charge in [-0.25, -0.2) is 15.0 Å². The van der Waals surface area contributed by atoms with Gasteiger partial charge in [-0.1, -0.05) is 6.92 Å². The number of likely N-dealkylation sites (tertiary alicyclic amines) is 1. The number of nitrogens with zero attached hydrogens (tertiary/aromatic N) is 5. The van der Waals surface area contributed by atoms with Crippen LogP contribution in [0.3, 0.4) is 0 Å². The van der Waals surface area contributed by atoms with E-state index in [0.29, 0.717) is 17.6 Å². The fourth-order valence-electron chi connectivity index (χ4n) is 5.16. The van der Waals surface area contributed by atoms with Gasteiger partial charge in [0, 0.05) is 26.5 Å². The number of β-amino-alcohol motifs (C(OH)–C–C–N with tert-alkyl or cyclic N) is 1. The van der Waals surface area contributed by atoms with Crippen molar-refractivity contribution in [1.29, 1.82) is 0 Å². The molecule has 45 heavy (non-hydrogen) atoms. The lowest BCUT2D eigenvalue weighted by Crippen LogP contribution is -2.40. The molecule has 5 N–H and O–H groups in total. The third kappa shape index (κ3) is 7.59. The molecule has 19 heteroatoms. The van der Waals surface area contributed by atoms with Crippen LogP contribution in [0.25, 0.3) is 11.2 Å². The summed E-state index contributed by atoms with van der Waals surface area (Å²) in [5, 5.41) is 6.83. The number of imidazole rings is 1. The van der Waals surface area contributed by atoms with Crippen molar-refractivity contribution < 1.29 is 52.1 Å². The van der Waals surface area contributed by atoms with E-state index in [4.69, 9.17) is 29.0 Å². The van der Waals surface area contributed by atoms with Crippen molar-refractivity contribution in [2.75, 3.05) is 32.6 Å². The Morgan fingerprint density at radius 2 is 1.76 bits per heavy atom. The molecular weight excluding hydrogens is 634 g/mol. The lowest BCUT2D eigenvalue weighted by atomic mass is 10.2. The number of hydrogen-bond donors (Lipinski definition) is 4. The molecule has 1 amide bonds. The van der Waals surface area contributed by atoms with Crippen LogP contribution in [0.15, 0.2) is 12.7 Å². The third-order valence-electron chi connectivity index (χ3n) is 8.21. The van der Waals surface area contributed by atoms with Crippen LogP contribution in [0.1, 0.15) is 66.5 Å². The van der Waals surface area contributed by atoms with Crippen molar-refractivity contribution in [2.24, 2.45) is 0 Å². The van der Waals surface area contributed by atoms with E-state index >= 15 is 0 Å². The number of carbonyl (C=O) groups excluding carboxylic acids is 1. The minimum atomic E-state index is -4.55. The highest BCUT2D eigenvalue weighted by atomic mass is 31.2. The highest BCUT2D eigenvalue weighted by Crippen LogP contribution is 2.58. The number of methoxy groups -OCH3 is 1. The Balaban J connectivity index is 1.53. The number of aliphatic hydroxyl groups excluding tert-OH is 1. The molecule has 2 fully saturated rings. The molecule has 7 atom stereocenters. The average Bonchev–Trinajstić information content (AvgIpc) is 3.67. The number of amides is 1. The SMILES string of the molecule is CCCC(=O)N1C[C@H](O)C[C@H]1COP(=O)(O)C(C)(C)O[C@H]1C[C@H](n2cnc3c(N)ncnc32)O[C@@H]1COP(=O)(O)C(C)(C)OC. The maximum absolute atomic E-state index is 13.6. The molecule has 0 saturated carbocycles. The standard InChI is InChI=1S/C26H44N6O11P2/c1-7-8-20(34)31-11-17(33)9-16(31)12-40-45(37,38)26(4,5)43-18-10-21(32-15-30-22-23(27)28-14-29-24(22)32)42-19(18)13-41-44(35,36)25(2,3)39-6/h14-19,21,33H,7-13H2,1-6H3,(H,35,36)(H,37,38)(H2,27,28,29)/t16-,17+,18-,19+,21+/m0/s1. The second-order valence-corrected chi connectivity index (χ2v) is 16.9. The number of ether oxygens (including phenoxy) is 3. The van der Waals surface area contributed by atoms with Gasteiger partial charge in [-0.3, -0.25) is 18.5 Å². The largest absolute Gasteiger partial charge is 0.391 e. The molecule has 4 rings (SSSR count). The van der Waals surface area contributed by atoms with Gasteiger partial charge in [-0.05, 0) is 40.5 Å². The number of fused-ring (bicyclic) bond motifs is 1. The van der Waals surface area contributed by atoms with Crippen LogP contribution in [0.5, 0.6) is 0 Å². The number of nitrogen functional groups attached to an aromatic ring is 1. The van der Waals surface area contributed by atoms with Gasteiger partial charge in [-0.2, -0.15) is 0 Å². The Morgan fingerprint density at radius 1 is 1.09 bits per heavy atom. The third-order valence-corrected chi connectivity index (χ3v) is 12.2. The van der Waals surface area contributed by atoms with Gasteiger partial charge < -0.3 is 48.8 Å². The average molecular weight is 679 g/mol. The monoisotopic (exact) mass is 678 g/mol. The fraction of sp³-hybridized carbons (Fsp3) is 0.769. The van der Waals surface area contributed by atoms with Crippen LogP contribution < -0.4 is 5.73 Å². The minimum Gasteiger partial charge on any atom is -0.391 e. The molecular formula is C26H44N6O11P2. The van der Waals surface area contributed by atoms with Gasteiger partial charge >= 0.3 is 15.2 Å². The van der Waals surface area contributed by atoms with E-state index in [1.165, 1.54) is 52.4 Å². The quantitative estimate of drug-likeness (QED) is 0.210. The van der Waals surface area contributed by atoms with Crippen LogP contribution in [0.2, 0.25) is 0 Å². The molecule has 2 unspecified atom stereocenters. The molecule has 0 radical (unpaired) electrons. The Labute approximate surface area is 261 Å². The van der Waals surface area contributed by atoms with Gasteiger partial charge in [0.1, 0.15) is 24.2 Å². The summed E-state index contributed by atoms with van der Waals surface area (Å²) in [6.45, 7) is 6.86. The first-order chi connectivity index (χ1) is 20.9. The summed E-state index contributed by atoms with van der Waals surface area (Å²) in [6, 6.07) is -0.581. The molecule has 2 aliphatic heterocycles. The predicted molar refractivity (Wildman–Crippen MR) is 161 cm³/mol. The van der Waals surface area contributed by atoms with E-state index < -0.39 is 63.1 Å². The zero-order valence-electron chi connectivity index (χ0n) is 26.3. The zero-order valence-corrected chi connectivity index (χ0v) is 28.1. The van der Waals surface area contributed by atoms with Gasteiger partial charge in [-0.15, -0.1) is 0 Å². The smallest absolute Gasteiger partial charge is 0.359 e. The normalized spacial score (nSPS) is 27.1. The first-order valence-electron chi connectivity index (χ1n) is 14.7. The molecule has 17 nitrogen and oxygen atoms in total. The molecule has 254 valence electrons. The second kappa shape index (κ2) is 13.6. The molecule has 0 bridgehead atoms. The number of aliphatic hydroxyl groups is 1. The fourth-order valence-corrected chi connectivity index (χ4v) is 7.01. The minimum absolute atomic E-state index is 0.102. The Bertz CT molecular complexity index is 1460.